The number of nitrogens with zero attached hydrogens (tertiary/aromatic N) is 2. The van der Waals surface area contributed by atoms with Gasteiger partial charge in [-0.05, 0) is 43.7 Å². The summed E-state index contributed by atoms with van der Waals surface area (Å²) in [6, 6.07) is 9.15. The number of nitriles is 1. The first-order valence-electron chi connectivity index (χ1n) is 10.4. The summed E-state index contributed by atoms with van der Waals surface area (Å²) in [5, 5.41) is 16.8. The van der Waals surface area contributed by atoms with E-state index in [9.17, 15) is 19.2 Å². The van der Waals surface area contributed by atoms with E-state index in [0.29, 0.717) is 11.1 Å². The lowest BCUT2D eigenvalue weighted by atomic mass is 9.91. The molecule has 1 fully saturated rings. The smallest absolute Gasteiger partial charge is 0.338 e. The van der Waals surface area contributed by atoms with Gasteiger partial charge in [0.25, 0.3) is 5.91 Å². The zero-order valence-electron chi connectivity index (χ0n) is 18.4. The van der Waals surface area contributed by atoms with Crippen LogP contribution in [-0.4, -0.2) is 42.0 Å². The first kappa shape index (κ1) is 22.6. The predicted octanol–water partition coefficient (Wildman–Crippen LogP) is 1.79. The van der Waals surface area contributed by atoms with Crippen molar-refractivity contribution in [3.63, 3.8) is 0 Å². The average molecular weight is 463 g/mol. The molecule has 34 heavy (non-hydrogen) atoms. The van der Waals surface area contributed by atoms with Crippen molar-refractivity contribution < 1.29 is 28.3 Å². The molecular formula is C23H21N5O6. The molecule has 11 nitrogen and oxygen atoms in total. The van der Waals surface area contributed by atoms with Gasteiger partial charge in [-0.15, -0.1) is 0 Å². The van der Waals surface area contributed by atoms with Gasteiger partial charge in [0.1, 0.15) is 17.3 Å². The molecule has 0 aliphatic carbocycles. The van der Waals surface area contributed by atoms with Crippen LogP contribution in [0.15, 0.2) is 58.3 Å². The topological polar surface area (TPSA) is 154 Å². The summed E-state index contributed by atoms with van der Waals surface area (Å²) in [7, 11) is 0. The van der Waals surface area contributed by atoms with E-state index in [1.165, 1.54) is 6.26 Å². The molecule has 1 aromatic carbocycles. The molecule has 2 aromatic rings. The number of rotatable bonds is 6. The third kappa shape index (κ3) is 3.86. The van der Waals surface area contributed by atoms with Crippen LogP contribution >= 0.6 is 0 Å². The van der Waals surface area contributed by atoms with E-state index < -0.39 is 35.5 Å². The Labute approximate surface area is 194 Å². The van der Waals surface area contributed by atoms with Crippen molar-refractivity contribution in [1.82, 2.24) is 20.9 Å². The number of furan rings is 1. The minimum Gasteiger partial charge on any atom is -0.467 e. The number of benzene rings is 1. The number of carbonyl (C=O) groups is 4. The molecule has 2 aliphatic rings. The van der Waals surface area contributed by atoms with E-state index in [2.05, 4.69) is 16.0 Å². The molecule has 2 atom stereocenters. The maximum absolute atomic E-state index is 13.4. The number of imide groups is 1. The minimum absolute atomic E-state index is 0.0176. The Balaban J connectivity index is 1.70. The van der Waals surface area contributed by atoms with Gasteiger partial charge in [-0.1, -0.05) is 12.1 Å². The van der Waals surface area contributed by atoms with Crippen LogP contribution in [0.3, 0.4) is 0 Å². The molecule has 5 amide bonds. The van der Waals surface area contributed by atoms with Gasteiger partial charge in [-0.25, -0.2) is 14.4 Å². The molecule has 3 N–H and O–H groups in total. The SMILES string of the molecule is CCOC(=O)C1=C(CN2C(=O)NC(C)(c3ccc(C#N)cc3)C2=O)NC(=O)NC1c1ccco1. The first-order chi connectivity index (χ1) is 16.3. The van der Waals surface area contributed by atoms with Crippen LogP contribution in [0.5, 0.6) is 0 Å². The number of hydrogen-bond donors (Lipinski definition) is 3. The summed E-state index contributed by atoms with van der Waals surface area (Å²) in [6.45, 7) is 2.88. The molecule has 3 heterocycles. The van der Waals surface area contributed by atoms with Gasteiger partial charge in [0.05, 0.1) is 42.3 Å². The van der Waals surface area contributed by atoms with Crippen LogP contribution in [0.4, 0.5) is 9.59 Å². The number of carbonyl (C=O) groups excluding carboxylic acids is 4. The van der Waals surface area contributed by atoms with Gasteiger partial charge in [-0.3, -0.25) is 9.69 Å². The Morgan fingerprint density at radius 2 is 1.97 bits per heavy atom. The molecule has 2 unspecified atom stereocenters. The fourth-order valence-corrected chi connectivity index (χ4v) is 3.93. The number of esters is 1. The van der Waals surface area contributed by atoms with Crippen LogP contribution in [0.2, 0.25) is 0 Å². The molecular weight excluding hydrogens is 442 g/mol. The van der Waals surface area contributed by atoms with Crippen LogP contribution < -0.4 is 16.0 Å². The second-order valence-corrected chi connectivity index (χ2v) is 7.80. The molecule has 0 radical (unpaired) electrons. The van der Waals surface area contributed by atoms with Gasteiger partial charge in [-0.2, -0.15) is 5.26 Å². The highest BCUT2D eigenvalue weighted by Crippen LogP contribution is 2.32. The molecule has 4 rings (SSSR count). The van der Waals surface area contributed by atoms with Crippen molar-refractivity contribution in [1.29, 1.82) is 5.26 Å². The van der Waals surface area contributed by atoms with E-state index in [1.807, 2.05) is 6.07 Å². The van der Waals surface area contributed by atoms with Crippen LogP contribution in [0, 0.1) is 11.3 Å². The van der Waals surface area contributed by atoms with Gasteiger partial charge in [0.2, 0.25) is 0 Å². The second-order valence-electron chi connectivity index (χ2n) is 7.80. The quantitative estimate of drug-likeness (QED) is 0.436. The monoisotopic (exact) mass is 463 g/mol. The summed E-state index contributed by atoms with van der Waals surface area (Å²) in [5.74, 6) is -1.02. The van der Waals surface area contributed by atoms with Crippen molar-refractivity contribution in [3.05, 3.63) is 70.8 Å². The van der Waals surface area contributed by atoms with Crippen molar-refractivity contribution in [3.8, 4) is 6.07 Å². The third-order valence-electron chi connectivity index (χ3n) is 5.66. The van der Waals surface area contributed by atoms with Crippen molar-refractivity contribution in [2.75, 3.05) is 13.2 Å². The van der Waals surface area contributed by atoms with Crippen LogP contribution in [-0.2, 0) is 19.9 Å². The molecule has 1 saturated heterocycles. The zero-order valence-corrected chi connectivity index (χ0v) is 18.4. The number of ether oxygens (including phenoxy) is 1. The van der Waals surface area contributed by atoms with Crippen molar-refractivity contribution in [2.24, 2.45) is 0 Å². The Hall–Kier alpha value is -4.59. The van der Waals surface area contributed by atoms with E-state index >= 15 is 0 Å². The van der Waals surface area contributed by atoms with E-state index in [1.54, 1.807) is 50.2 Å². The lowest BCUT2D eigenvalue weighted by Crippen LogP contribution is -2.49. The maximum atomic E-state index is 13.4. The van der Waals surface area contributed by atoms with E-state index in [0.717, 1.165) is 4.90 Å². The van der Waals surface area contributed by atoms with Crippen molar-refractivity contribution in [2.45, 2.75) is 25.4 Å². The summed E-state index contributed by atoms with van der Waals surface area (Å²) in [6.07, 6.45) is 1.40. The maximum Gasteiger partial charge on any atom is 0.338 e. The number of hydrogen-bond acceptors (Lipinski definition) is 7. The highest BCUT2D eigenvalue weighted by Gasteiger charge is 2.50. The molecule has 1 aromatic heterocycles. The van der Waals surface area contributed by atoms with Gasteiger partial charge in [0, 0.05) is 0 Å². The highest BCUT2D eigenvalue weighted by molar-refractivity contribution is 6.07. The van der Waals surface area contributed by atoms with Crippen molar-refractivity contribution >= 4 is 23.9 Å². The predicted molar refractivity (Wildman–Crippen MR) is 116 cm³/mol. The molecule has 0 spiro atoms. The average Bonchev–Trinajstić information content (AvgIpc) is 3.43. The van der Waals surface area contributed by atoms with Crippen LogP contribution in [0.25, 0.3) is 0 Å². The Morgan fingerprint density at radius 1 is 1.24 bits per heavy atom. The number of amides is 5. The Kier molecular flexibility index (Phi) is 5.81. The second kappa shape index (κ2) is 8.74. The molecule has 11 heteroatoms. The van der Waals surface area contributed by atoms with Gasteiger partial charge in [0.15, 0.2) is 0 Å². The van der Waals surface area contributed by atoms with E-state index in [4.69, 9.17) is 14.4 Å². The fourth-order valence-electron chi connectivity index (χ4n) is 3.93. The fraction of sp³-hybridized carbons (Fsp3) is 0.261. The zero-order chi connectivity index (χ0) is 24.5. The minimum atomic E-state index is -1.40. The summed E-state index contributed by atoms with van der Waals surface area (Å²) in [4.78, 5) is 52.3. The Morgan fingerprint density at radius 3 is 2.59 bits per heavy atom. The summed E-state index contributed by atoms with van der Waals surface area (Å²) >= 11 is 0. The molecule has 174 valence electrons. The van der Waals surface area contributed by atoms with Gasteiger partial charge >= 0.3 is 18.0 Å². The Bertz CT molecular complexity index is 1230. The first-order valence-corrected chi connectivity index (χ1v) is 10.4. The van der Waals surface area contributed by atoms with E-state index in [-0.39, 0.29) is 30.2 Å². The standard InChI is InChI=1S/C23H21N5O6/c1-3-33-19(29)17-15(25-21(31)26-18(17)16-5-4-10-34-16)12-28-20(30)23(2,27-22(28)32)14-8-6-13(11-24)7-9-14/h4-10,18H,3,12H2,1-2H3,(H,27,32)(H2,25,26,31). The molecule has 2 aliphatic heterocycles. The highest BCUT2D eigenvalue weighted by atomic mass is 16.5. The number of urea groups is 2. The summed E-state index contributed by atoms with van der Waals surface area (Å²) < 4.78 is 10.5. The third-order valence-corrected chi connectivity index (χ3v) is 5.66. The molecule has 0 bridgehead atoms. The number of nitrogens with one attached hydrogen (secondary N) is 3. The summed E-state index contributed by atoms with van der Waals surface area (Å²) in [5.41, 5.74) is -0.450. The largest absolute Gasteiger partial charge is 0.467 e. The lowest BCUT2D eigenvalue weighted by Gasteiger charge is -2.29. The van der Waals surface area contributed by atoms with Crippen LogP contribution in [0.1, 0.15) is 36.8 Å². The molecule has 0 saturated carbocycles. The lowest BCUT2D eigenvalue weighted by molar-refractivity contribution is -0.139. The van der Waals surface area contributed by atoms with Gasteiger partial charge < -0.3 is 25.1 Å². The normalized spacial score (nSPS) is 22.1.